The number of piperidine rings is 1. The molecule has 4 nitrogen and oxygen atoms in total. The van der Waals surface area contributed by atoms with Crippen molar-refractivity contribution in [2.45, 2.75) is 25.8 Å². The van der Waals surface area contributed by atoms with E-state index in [0.717, 1.165) is 32.5 Å². The fraction of sp³-hybridized carbons (Fsp3) is 0.571. The summed E-state index contributed by atoms with van der Waals surface area (Å²) in [6, 6.07) is 2.98. The van der Waals surface area contributed by atoms with E-state index in [1.54, 1.807) is 4.90 Å². The number of aromatic nitrogens is 1. The van der Waals surface area contributed by atoms with E-state index in [9.17, 15) is 9.18 Å². The van der Waals surface area contributed by atoms with Crippen molar-refractivity contribution in [2.24, 2.45) is 0 Å². The van der Waals surface area contributed by atoms with Gasteiger partial charge >= 0.3 is 0 Å². The smallest absolute Gasteiger partial charge is 0.255 e. The summed E-state index contributed by atoms with van der Waals surface area (Å²) in [5.41, 5.74) is 0.446. The third-order valence-electron chi connectivity index (χ3n) is 3.85. The minimum atomic E-state index is -0.560. The Kier molecular flexibility index (Phi) is 4.47. The molecule has 0 unspecified atom stereocenters. The van der Waals surface area contributed by atoms with Crippen LogP contribution in [0.1, 0.15) is 30.1 Å². The van der Waals surface area contributed by atoms with Crippen LogP contribution in [0, 0.1) is 5.95 Å². The van der Waals surface area contributed by atoms with E-state index in [0.29, 0.717) is 5.56 Å². The highest BCUT2D eigenvalue weighted by Crippen LogP contribution is 2.17. The van der Waals surface area contributed by atoms with E-state index in [2.05, 4.69) is 16.8 Å². The molecule has 0 atom stereocenters. The van der Waals surface area contributed by atoms with Crippen LogP contribution in [0.15, 0.2) is 18.3 Å². The van der Waals surface area contributed by atoms with Gasteiger partial charge in [0.05, 0.1) is 5.56 Å². The molecule has 0 aromatic carbocycles. The Morgan fingerprint density at radius 3 is 2.68 bits per heavy atom. The third kappa shape index (κ3) is 3.29. The van der Waals surface area contributed by atoms with E-state index in [1.807, 2.05) is 7.05 Å². The Morgan fingerprint density at radius 2 is 2.16 bits per heavy atom. The molecule has 19 heavy (non-hydrogen) atoms. The minimum absolute atomic E-state index is 0.0811. The van der Waals surface area contributed by atoms with Crippen molar-refractivity contribution in [1.29, 1.82) is 0 Å². The Labute approximate surface area is 113 Å². The molecule has 0 saturated carbocycles. The molecule has 104 valence electrons. The van der Waals surface area contributed by atoms with Gasteiger partial charge in [0.1, 0.15) is 0 Å². The van der Waals surface area contributed by atoms with Crippen molar-refractivity contribution in [1.82, 2.24) is 14.8 Å². The van der Waals surface area contributed by atoms with Crippen molar-refractivity contribution < 1.29 is 9.18 Å². The Bertz CT molecular complexity index is 427. The first-order valence-corrected chi connectivity index (χ1v) is 6.73. The minimum Gasteiger partial charge on any atom is -0.339 e. The lowest BCUT2D eigenvalue weighted by Crippen LogP contribution is -2.45. The number of halogens is 1. The van der Waals surface area contributed by atoms with Gasteiger partial charge in [-0.25, -0.2) is 4.98 Å². The van der Waals surface area contributed by atoms with Gasteiger partial charge in [0.25, 0.3) is 5.91 Å². The van der Waals surface area contributed by atoms with Crippen LogP contribution >= 0.6 is 0 Å². The molecule has 5 heteroatoms. The molecule has 1 fully saturated rings. The van der Waals surface area contributed by atoms with Gasteiger partial charge < -0.3 is 9.80 Å². The van der Waals surface area contributed by atoms with E-state index >= 15 is 0 Å². The fourth-order valence-electron chi connectivity index (χ4n) is 2.49. The number of amides is 1. The molecule has 1 aromatic heterocycles. The van der Waals surface area contributed by atoms with Crippen LogP contribution in [0.2, 0.25) is 0 Å². The predicted octanol–water partition coefficient (Wildman–Crippen LogP) is 1.78. The first kappa shape index (κ1) is 13.9. The van der Waals surface area contributed by atoms with Crippen LogP contribution in [-0.2, 0) is 0 Å². The summed E-state index contributed by atoms with van der Waals surface area (Å²) < 4.78 is 12.7. The van der Waals surface area contributed by atoms with Crippen LogP contribution < -0.4 is 0 Å². The van der Waals surface area contributed by atoms with Gasteiger partial charge in [0, 0.05) is 32.4 Å². The lowest BCUT2D eigenvalue weighted by molar-refractivity contribution is 0.0646. The largest absolute Gasteiger partial charge is 0.339 e. The third-order valence-corrected chi connectivity index (χ3v) is 3.85. The molecule has 1 aliphatic heterocycles. The van der Waals surface area contributed by atoms with Crippen LogP contribution in [0.25, 0.3) is 0 Å². The maximum atomic E-state index is 12.7. The van der Waals surface area contributed by atoms with Crippen LogP contribution in [0.4, 0.5) is 4.39 Å². The highest BCUT2D eigenvalue weighted by atomic mass is 19.1. The maximum Gasteiger partial charge on any atom is 0.255 e. The van der Waals surface area contributed by atoms with E-state index < -0.39 is 5.95 Å². The van der Waals surface area contributed by atoms with Gasteiger partial charge in [0.15, 0.2) is 0 Å². The van der Waals surface area contributed by atoms with Crippen molar-refractivity contribution in [3.8, 4) is 0 Å². The molecule has 0 N–H and O–H groups in total. The molecule has 2 rings (SSSR count). The summed E-state index contributed by atoms with van der Waals surface area (Å²) in [5, 5.41) is 0. The highest BCUT2D eigenvalue weighted by molar-refractivity contribution is 5.93. The molecule has 0 radical (unpaired) electrons. The van der Waals surface area contributed by atoms with Crippen LogP contribution in [0.5, 0.6) is 0 Å². The predicted molar refractivity (Wildman–Crippen MR) is 71.4 cm³/mol. The van der Waals surface area contributed by atoms with Crippen molar-refractivity contribution in [3.05, 3.63) is 29.8 Å². The summed E-state index contributed by atoms with van der Waals surface area (Å²) >= 11 is 0. The Balaban J connectivity index is 1.98. The van der Waals surface area contributed by atoms with Crippen LogP contribution in [-0.4, -0.2) is 53.4 Å². The molecule has 1 aliphatic rings. The van der Waals surface area contributed by atoms with Gasteiger partial charge in [-0.1, -0.05) is 6.92 Å². The number of carbonyl (C=O) groups is 1. The number of hydrogen-bond donors (Lipinski definition) is 0. The lowest BCUT2D eigenvalue weighted by Gasteiger charge is -2.36. The Hall–Kier alpha value is -1.49. The van der Waals surface area contributed by atoms with Gasteiger partial charge in [-0.15, -0.1) is 0 Å². The second-order valence-electron chi connectivity index (χ2n) is 4.95. The normalized spacial score (nSPS) is 17.4. The summed E-state index contributed by atoms with van der Waals surface area (Å²) in [6.07, 6.45) is 3.28. The SMILES string of the molecule is CCN1CCC(N(C)C(=O)c2ccc(F)nc2)CC1. The molecule has 1 saturated heterocycles. The molecular weight excluding hydrogens is 245 g/mol. The number of rotatable bonds is 3. The van der Waals surface area contributed by atoms with E-state index in [4.69, 9.17) is 0 Å². The number of pyridine rings is 1. The molecule has 1 aromatic rings. The summed E-state index contributed by atoms with van der Waals surface area (Å²) in [7, 11) is 1.82. The number of carbonyl (C=O) groups excluding carboxylic acids is 1. The summed E-state index contributed by atoms with van der Waals surface area (Å²) in [5.74, 6) is -0.641. The number of hydrogen-bond acceptors (Lipinski definition) is 3. The van der Waals surface area contributed by atoms with Crippen molar-refractivity contribution in [2.75, 3.05) is 26.7 Å². The molecule has 0 spiro atoms. The van der Waals surface area contributed by atoms with Crippen molar-refractivity contribution in [3.63, 3.8) is 0 Å². The first-order valence-electron chi connectivity index (χ1n) is 6.73. The Morgan fingerprint density at radius 1 is 1.47 bits per heavy atom. The average molecular weight is 265 g/mol. The summed E-state index contributed by atoms with van der Waals surface area (Å²) in [6.45, 7) is 5.27. The maximum absolute atomic E-state index is 12.7. The van der Waals surface area contributed by atoms with Gasteiger partial charge in [-0.3, -0.25) is 4.79 Å². The molecule has 0 bridgehead atoms. The molecule has 2 heterocycles. The van der Waals surface area contributed by atoms with Crippen LogP contribution in [0.3, 0.4) is 0 Å². The number of nitrogens with zero attached hydrogens (tertiary/aromatic N) is 3. The second-order valence-corrected chi connectivity index (χ2v) is 4.95. The topological polar surface area (TPSA) is 36.4 Å². The first-order chi connectivity index (χ1) is 9.11. The van der Waals surface area contributed by atoms with Gasteiger partial charge in [-0.2, -0.15) is 4.39 Å². The number of likely N-dealkylation sites (tertiary alicyclic amines) is 1. The van der Waals surface area contributed by atoms with E-state index in [-0.39, 0.29) is 11.9 Å². The quantitative estimate of drug-likeness (QED) is 0.782. The van der Waals surface area contributed by atoms with Gasteiger partial charge in [0.2, 0.25) is 5.95 Å². The zero-order chi connectivity index (χ0) is 13.8. The standard InChI is InChI=1S/C14H20FN3O/c1-3-18-8-6-12(7-9-18)17(2)14(19)11-4-5-13(15)16-10-11/h4-5,10,12H,3,6-9H2,1-2H3. The van der Waals surface area contributed by atoms with E-state index in [1.165, 1.54) is 18.3 Å². The zero-order valence-corrected chi connectivity index (χ0v) is 11.5. The zero-order valence-electron chi connectivity index (χ0n) is 11.5. The monoisotopic (exact) mass is 265 g/mol. The molecular formula is C14H20FN3O. The average Bonchev–Trinajstić information content (AvgIpc) is 2.46. The summed E-state index contributed by atoms with van der Waals surface area (Å²) in [4.78, 5) is 19.9. The van der Waals surface area contributed by atoms with Crippen molar-refractivity contribution >= 4 is 5.91 Å². The molecule has 0 aliphatic carbocycles. The highest BCUT2D eigenvalue weighted by Gasteiger charge is 2.25. The molecule has 1 amide bonds. The van der Waals surface area contributed by atoms with Gasteiger partial charge in [-0.05, 0) is 31.5 Å². The fourth-order valence-corrected chi connectivity index (χ4v) is 2.49. The second kappa shape index (κ2) is 6.10. The lowest BCUT2D eigenvalue weighted by atomic mass is 10.0.